The van der Waals surface area contributed by atoms with Crippen LogP contribution in [0.15, 0.2) is 0 Å². The Hall–Kier alpha value is -0.610. The van der Waals surface area contributed by atoms with Crippen molar-refractivity contribution >= 4 is 5.91 Å². The first-order valence-electron chi connectivity index (χ1n) is 8.01. The fourth-order valence-corrected chi connectivity index (χ4v) is 4.72. The molecule has 0 bridgehead atoms. The largest absolute Gasteiger partial charge is 0.342 e. The third kappa shape index (κ3) is 1.76. The highest BCUT2D eigenvalue weighted by atomic mass is 16.6. The van der Waals surface area contributed by atoms with Crippen LogP contribution in [0, 0.1) is 5.92 Å². The molecule has 1 spiro atoms. The zero-order valence-corrected chi connectivity index (χ0v) is 11.6. The molecule has 0 aromatic heterocycles. The van der Waals surface area contributed by atoms with E-state index in [2.05, 4.69) is 10.2 Å². The Morgan fingerprint density at radius 2 is 1.84 bits per heavy atom. The topological polar surface area (TPSA) is 41.6 Å². The fraction of sp³-hybridized carbons (Fsp3) is 0.933. The highest BCUT2D eigenvalue weighted by molar-refractivity contribution is 5.88. The van der Waals surface area contributed by atoms with E-state index in [4.69, 9.17) is 4.74 Å². The second kappa shape index (κ2) is 4.45. The summed E-state index contributed by atoms with van der Waals surface area (Å²) in [7, 11) is 0. The van der Waals surface area contributed by atoms with E-state index in [0.717, 1.165) is 44.7 Å². The molecule has 1 N–H and O–H groups in total. The van der Waals surface area contributed by atoms with Gasteiger partial charge in [-0.05, 0) is 57.5 Å². The molecule has 3 aliphatic heterocycles. The number of nitrogens with zero attached hydrogens (tertiary/aromatic N) is 1. The lowest BCUT2D eigenvalue weighted by Crippen LogP contribution is -2.50. The minimum Gasteiger partial charge on any atom is -0.342 e. The van der Waals surface area contributed by atoms with Crippen molar-refractivity contribution in [2.24, 2.45) is 5.92 Å². The molecule has 1 saturated carbocycles. The first-order valence-corrected chi connectivity index (χ1v) is 8.01. The summed E-state index contributed by atoms with van der Waals surface area (Å²) in [5, 5.41) is 3.34. The lowest BCUT2D eigenvalue weighted by Gasteiger charge is -2.33. The van der Waals surface area contributed by atoms with E-state index in [1.165, 1.54) is 25.7 Å². The van der Waals surface area contributed by atoms with Gasteiger partial charge < -0.3 is 15.0 Å². The third-order valence-corrected chi connectivity index (χ3v) is 5.72. The Kier molecular flexibility index (Phi) is 2.85. The van der Waals surface area contributed by atoms with E-state index < -0.39 is 5.60 Å². The van der Waals surface area contributed by atoms with Gasteiger partial charge in [-0.3, -0.25) is 4.79 Å². The Morgan fingerprint density at radius 3 is 2.58 bits per heavy atom. The summed E-state index contributed by atoms with van der Waals surface area (Å²) < 4.78 is 6.25. The molecule has 1 aliphatic carbocycles. The van der Waals surface area contributed by atoms with Crippen molar-refractivity contribution in [3.05, 3.63) is 0 Å². The van der Waals surface area contributed by atoms with Gasteiger partial charge in [0.05, 0.1) is 0 Å². The molecule has 2 atom stereocenters. The lowest BCUT2D eigenvalue weighted by atomic mass is 9.89. The number of nitrogens with one attached hydrogen (secondary N) is 1. The summed E-state index contributed by atoms with van der Waals surface area (Å²) in [6.07, 6.45) is 9.36. The second-order valence-corrected chi connectivity index (χ2v) is 6.72. The Labute approximate surface area is 114 Å². The normalized spacial score (nSPS) is 38.3. The van der Waals surface area contributed by atoms with E-state index in [9.17, 15) is 4.79 Å². The first-order chi connectivity index (χ1) is 9.30. The predicted octanol–water partition coefficient (Wildman–Crippen LogP) is 1.65. The molecule has 4 heteroatoms. The number of hydrogen-bond acceptors (Lipinski definition) is 3. The highest BCUT2D eigenvalue weighted by Gasteiger charge is 2.58. The van der Waals surface area contributed by atoms with Crippen molar-refractivity contribution in [1.29, 1.82) is 0 Å². The van der Waals surface area contributed by atoms with Crippen molar-refractivity contribution < 1.29 is 9.53 Å². The van der Waals surface area contributed by atoms with E-state index in [1.807, 2.05) is 0 Å². The molecular formula is C15H24N2O2. The van der Waals surface area contributed by atoms with Gasteiger partial charge in [0, 0.05) is 6.04 Å². The molecule has 3 saturated heterocycles. The van der Waals surface area contributed by atoms with Crippen LogP contribution in [0.3, 0.4) is 0 Å². The predicted molar refractivity (Wildman–Crippen MR) is 71.5 cm³/mol. The molecule has 4 rings (SSSR count). The van der Waals surface area contributed by atoms with E-state index in [0.29, 0.717) is 11.9 Å². The number of ether oxygens (including phenoxy) is 1. The zero-order chi connectivity index (χ0) is 12.9. The van der Waals surface area contributed by atoms with Crippen molar-refractivity contribution in [1.82, 2.24) is 10.2 Å². The SMILES string of the molecule is O=C1N2C(C3CCCC3)CC[C@H]2OC12CCNCC2. The maximum Gasteiger partial charge on any atom is 0.257 e. The van der Waals surface area contributed by atoms with Gasteiger partial charge in [-0.15, -0.1) is 0 Å². The summed E-state index contributed by atoms with van der Waals surface area (Å²) in [5.74, 6) is 1.06. The van der Waals surface area contributed by atoms with Crippen LogP contribution in [0.25, 0.3) is 0 Å². The van der Waals surface area contributed by atoms with Crippen molar-refractivity contribution in [2.75, 3.05) is 13.1 Å². The second-order valence-electron chi connectivity index (χ2n) is 6.72. The number of carbonyl (C=O) groups is 1. The van der Waals surface area contributed by atoms with Crippen LogP contribution in [-0.4, -0.2) is 41.8 Å². The van der Waals surface area contributed by atoms with Gasteiger partial charge in [0.15, 0.2) is 5.60 Å². The molecule has 4 aliphatic rings. The van der Waals surface area contributed by atoms with Crippen LogP contribution in [0.5, 0.6) is 0 Å². The Morgan fingerprint density at radius 1 is 1.11 bits per heavy atom. The quantitative estimate of drug-likeness (QED) is 0.783. The third-order valence-electron chi connectivity index (χ3n) is 5.72. The zero-order valence-electron chi connectivity index (χ0n) is 11.6. The van der Waals surface area contributed by atoms with Crippen molar-refractivity contribution in [3.63, 3.8) is 0 Å². The summed E-state index contributed by atoms with van der Waals surface area (Å²) in [6.45, 7) is 1.83. The molecule has 0 aromatic rings. The van der Waals surface area contributed by atoms with Crippen molar-refractivity contribution in [2.45, 2.75) is 69.2 Å². The van der Waals surface area contributed by atoms with Crippen LogP contribution < -0.4 is 5.32 Å². The van der Waals surface area contributed by atoms with Gasteiger partial charge in [0.1, 0.15) is 6.23 Å². The molecule has 4 fully saturated rings. The van der Waals surface area contributed by atoms with Crippen LogP contribution in [0.2, 0.25) is 0 Å². The lowest BCUT2D eigenvalue weighted by molar-refractivity contribution is -0.141. The fourth-order valence-electron chi connectivity index (χ4n) is 4.72. The molecular weight excluding hydrogens is 240 g/mol. The molecule has 4 nitrogen and oxygen atoms in total. The van der Waals surface area contributed by atoms with Gasteiger partial charge in [-0.25, -0.2) is 0 Å². The van der Waals surface area contributed by atoms with Gasteiger partial charge in [0.2, 0.25) is 0 Å². The number of amides is 1. The monoisotopic (exact) mass is 264 g/mol. The van der Waals surface area contributed by atoms with Crippen LogP contribution in [-0.2, 0) is 9.53 Å². The average Bonchev–Trinajstić information content (AvgIpc) is 3.11. The number of fused-ring (bicyclic) bond motifs is 1. The molecule has 0 aromatic carbocycles. The van der Waals surface area contributed by atoms with E-state index in [1.54, 1.807) is 0 Å². The van der Waals surface area contributed by atoms with Gasteiger partial charge in [-0.1, -0.05) is 12.8 Å². The molecule has 0 radical (unpaired) electrons. The summed E-state index contributed by atoms with van der Waals surface area (Å²) in [4.78, 5) is 15.1. The van der Waals surface area contributed by atoms with Gasteiger partial charge in [-0.2, -0.15) is 0 Å². The molecule has 1 unspecified atom stereocenters. The number of piperidine rings is 1. The summed E-state index contributed by atoms with van der Waals surface area (Å²) in [5.41, 5.74) is -0.465. The Balaban J connectivity index is 1.56. The number of carbonyl (C=O) groups excluding carboxylic acids is 1. The maximum absolute atomic E-state index is 12.9. The van der Waals surface area contributed by atoms with E-state index >= 15 is 0 Å². The molecule has 1 amide bonds. The first kappa shape index (κ1) is 12.2. The number of rotatable bonds is 1. The van der Waals surface area contributed by atoms with Crippen molar-refractivity contribution in [3.8, 4) is 0 Å². The molecule has 19 heavy (non-hydrogen) atoms. The Bertz CT molecular complexity index is 372. The number of hydrogen-bond donors (Lipinski definition) is 1. The van der Waals surface area contributed by atoms with E-state index in [-0.39, 0.29) is 6.23 Å². The summed E-state index contributed by atoms with van der Waals surface area (Å²) >= 11 is 0. The minimum atomic E-state index is -0.465. The molecule has 3 heterocycles. The average molecular weight is 264 g/mol. The highest BCUT2D eigenvalue weighted by Crippen LogP contribution is 2.46. The van der Waals surface area contributed by atoms with Gasteiger partial charge in [0.25, 0.3) is 5.91 Å². The van der Waals surface area contributed by atoms with Crippen LogP contribution >= 0.6 is 0 Å². The summed E-state index contributed by atoms with van der Waals surface area (Å²) in [6, 6.07) is 0.481. The smallest absolute Gasteiger partial charge is 0.257 e. The maximum atomic E-state index is 12.9. The van der Waals surface area contributed by atoms with Gasteiger partial charge >= 0.3 is 0 Å². The van der Waals surface area contributed by atoms with Crippen LogP contribution in [0.4, 0.5) is 0 Å². The van der Waals surface area contributed by atoms with Crippen LogP contribution in [0.1, 0.15) is 51.4 Å². The molecule has 106 valence electrons. The standard InChI is InChI=1S/C15H24N2O2/c18-14-15(7-9-16-10-8-15)19-13-6-5-12(17(13)14)11-3-1-2-4-11/h11-13,16H,1-10H2/t12?,13-/m1/s1. The minimum absolute atomic E-state index is 0.0937.